The highest BCUT2D eigenvalue weighted by Crippen LogP contribution is 2.46. The van der Waals surface area contributed by atoms with Gasteiger partial charge in [0, 0.05) is 0 Å². The smallest absolute Gasteiger partial charge is 0.0616 e. The molecule has 0 saturated carbocycles. The molecule has 0 unspecified atom stereocenters. The number of hydrogen-bond acceptors (Lipinski definition) is 0. The molecule has 10 aromatic carbocycles. The van der Waals surface area contributed by atoms with Gasteiger partial charge in [0.25, 0.3) is 0 Å². The van der Waals surface area contributed by atoms with Crippen LogP contribution in [0, 0.1) is 0 Å². The second-order valence-corrected chi connectivity index (χ2v) is 11.6. The normalized spacial score (nSPS) is 17.5. The van der Waals surface area contributed by atoms with Crippen LogP contribution < -0.4 is 0 Å². The van der Waals surface area contributed by atoms with E-state index in [4.69, 9.17) is 17.8 Å². The molecule has 0 aliphatic carbocycles. The van der Waals surface area contributed by atoms with Crippen molar-refractivity contribution >= 4 is 53.9 Å². The van der Waals surface area contributed by atoms with Gasteiger partial charge >= 0.3 is 0 Å². The highest BCUT2D eigenvalue weighted by molar-refractivity contribution is 6.24. The first-order valence-corrected chi connectivity index (χ1v) is 15.6. The Labute approximate surface area is 321 Å². The summed E-state index contributed by atoms with van der Waals surface area (Å²) in [6.07, 6.45) is 0. The van der Waals surface area contributed by atoms with Crippen LogP contribution in [0.4, 0.5) is 0 Å². The second-order valence-electron chi connectivity index (χ2n) is 11.6. The quantitative estimate of drug-likeness (QED) is 0.166. The maximum Gasteiger partial charge on any atom is 0.0636 e. The van der Waals surface area contributed by atoms with Crippen molar-refractivity contribution in [3.63, 3.8) is 0 Å². The molecule has 0 fully saturated rings. The molecule has 0 aromatic heterocycles. The Kier molecular flexibility index (Phi) is 3.37. The zero-order chi connectivity index (χ0) is 51.3. The molecule has 0 radical (unpaired) electrons. The van der Waals surface area contributed by atoms with E-state index in [9.17, 15) is 11.0 Å². The highest BCUT2D eigenvalue weighted by atomic mass is 14.2. The molecule has 0 saturated heterocycles. The Hall–Kier alpha value is -6.50. The third-order valence-corrected chi connectivity index (χ3v) is 8.82. The fourth-order valence-electron chi connectivity index (χ4n) is 6.49. The van der Waals surface area contributed by atoms with E-state index in [1.807, 2.05) is 42.5 Å². The van der Waals surface area contributed by atoms with Crippen LogP contribution in [-0.2, 0) is 0 Å². The topological polar surface area (TPSA) is 0 Å². The zero-order valence-corrected chi connectivity index (χ0v) is 25.9. The van der Waals surface area contributed by atoms with E-state index in [0.717, 1.165) is 16.3 Å². The minimum Gasteiger partial charge on any atom is -0.0616 e. The summed E-state index contributed by atoms with van der Waals surface area (Å²) >= 11 is 0. The van der Waals surface area contributed by atoms with Gasteiger partial charge in [-0.25, -0.2) is 0 Å². The van der Waals surface area contributed by atoms with E-state index in [-0.39, 0.29) is 21.9 Å². The van der Waals surface area contributed by atoms with Crippen molar-refractivity contribution in [3.05, 3.63) is 194 Å². The van der Waals surface area contributed by atoms with Crippen LogP contribution in [0.5, 0.6) is 0 Å². The van der Waals surface area contributed by atoms with E-state index < -0.39 is 181 Å². The molecule has 0 amide bonds. The Morgan fingerprint density at radius 1 is 0.300 bits per heavy atom. The molecule has 10 rings (SSSR count). The van der Waals surface area contributed by atoms with Crippen LogP contribution >= 0.6 is 0 Å². The lowest BCUT2D eigenvalue weighted by Gasteiger charge is -2.20. The first-order valence-electron chi connectivity index (χ1n) is 26.1. The first-order chi connectivity index (χ1) is 33.5. The number of hydrogen-bond donors (Lipinski definition) is 0. The molecule has 0 heterocycles. The molecule has 0 aliphatic rings. The molecule has 0 heteroatoms. The van der Waals surface area contributed by atoms with Crippen LogP contribution in [0.3, 0.4) is 0 Å². The van der Waals surface area contributed by atoms with Crippen LogP contribution in [0.2, 0.25) is 0 Å². The fraction of sp³-hybridized carbons (Fsp3) is 0. The number of fused-ring (bicyclic) bond motifs is 5. The minimum atomic E-state index is -0.899. The van der Waals surface area contributed by atoms with E-state index in [0.29, 0.717) is 5.56 Å². The zero-order valence-electron chi connectivity index (χ0n) is 46.9. The minimum absolute atomic E-state index is 0.136. The summed E-state index contributed by atoms with van der Waals surface area (Å²) in [7, 11) is 0. The van der Waals surface area contributed by atoms with E-state index >= 15 is 0 Å². The standard InChI is InChI=1S/C50H32/c1-3-13-38-30-40(26-22-33(38)10-1)35-20-24-37(25-21-35)49-45-17-7-8-18-46(45)50(44-19-9-15-36-12-5-6-16-43(36)44)47-29-28-42(32-48(47)49)41-27-23-34-11-2-4-14-39(34)31-41/h1-32H/i2D,4D,5D,6D,7D,8D,9D,11D,12D,14D,15D,16D,17D,18D,19D,23D,27D,28D,29D,31D,32D. The molecule has 0 spiro atoms. The lowest BCUT2D eigenvalue weighted by Crippen LogP contribution is -1.92. The van der Waals surface area contributed by atoms with Crippen molar-refractivity contribution < 1.29 is 28.8 Å². The van der Waals surface area contributed by atoms with Crippen molar-refractivity contribution in [2.45, 2.75) is 0 Å². The summed E-state index contributed by atoms with van der Waals surface area (Å²) in [5.74, 6) is 0. The Bertz CT molecular complexity index is 4100. The Morgan fingerprint density at radius 3 is 1.74 bits per heavy atom. The third kappa shape index (κ3) is 4.69. The number of rotatable bonds is 4. The van der Waals surface area contributed by atoms with Gasteiger partial charge in [0.15, 0.2) is 0 Å². The van der Waals surface area contributed by atoms with Gasteiger partial charge in [-0.05, 0) is 117 Å². The Morgan fingerprint density at radius 2 is 0.900 bits per heavy atom. The van der Waals surface area contributed by atoms with Crippen molar-refractivity contribution in [1.29, 1.82) is 0 Å². The molecular formula is C50H32. The summed E-state index contributed by atoms with van der Waals surface area (Å²) < 4.78 is 191. The van der Waals surface area contributed by atoms with Crippen LogP contribution in [0.15, 0.2) is 194 Å². The SMILES string of the molecule is [2H]c1c([2H])c([2H])c2c([2H])c(-c3c([2H])c([2H])c4c(-c5c([2H])c([2H])c([2H])c6c([2H])c([2H])c([2H])c([2H])c56)c5c([2H])c([2H])c([2H])c([2H])c5c(-c5ccc(-c6ccc7ccccc7c6)cc5)c4c3[2H])c([2H])c([2H])c2c1[2H]. The maximum atomic E-state index is 10.2. The van der Waals surface area contributed by atoms with E-state index in [1.54, 1.807) is 24.3 Å². The third-order valence-electron chi connectivity index (χ3n) is 8.82. The van der Waals surface area contributed by atoms with Crippen molar-refractivity contribution in [2.75, 3.05) is 0 Å². The van der Waals surface area contributed by atoms with Crippen molar-refractivity contribution in [1.82, 2.24) is 0 Å². The van der Waals surface area contributed by atoms with Gasteiger partial charge in [0.05, 0.1) is 28.8 Å². The van der Waals surface area contributed by atoms with Crippen LogP contribution in [-0.4, -0.2) is 0 Å². The van der Waals surface area contributed by atoms with Crippen molar-refractivity contribution in [2.24, 2.45) is 0 Å². The van der Waals surface area contributed by atoms with Crippen molar-refractivity contribution in [3.8, 4) is 44.5 Å². The van der Waals surface area contributed by atoms with Crippen LogP contribution in [0.25, 0.3) is 98.4 Å². The molecule has 10 aromatic rings. The predicted octanol–water partition coefficient (Wildman–Crippen LogP) is 14.1. The maximum absolute atomic E-state index is 10.2. The molecule has 0 nitrogen and oxygen atoms in total. The first kappa shape index (κ1) is 14.5. The molecule has 0 N–H and O–H groups in total. The van der Waals surface area contributed by atoms with Gasteiger partial charge in [-0.3, -0.25) is 0 Å². The average molecular weight is 654 g/mol. The van der Waals surface area contributed by atoms with Gasteiger partial charge in [0.2, 0.25) is 0 Å². The summed E-state index contributed by atoms with van der Waals surface area (Å²) in [5, 5.41) is -1.68. The second kappa shape index (κ2) is 11.6. The summed E-state index contributed by atoms with van der Waals surface area (Å²) in [6.45, 7) is 0. The molecule has 0 atom stereocenters. The van der Waals surface area contributed by atoms with Crippen LogP contribution in [0.1, 0.15) is 28.8 Å². The molecule has 232 valence electrons. The largest absolute Gasteiger partial charge is 0.0636 e. The van der Waals surface area contributed by atoms with Gasteiger partial charge in [-0.1, -0.05) is 175 Å². The van der Waals surface area contributed by atoms with E-state index in [2.05, 4.69) is 0 Å². The fourth-order valence-corrected chi connectivity index (χ4v) is 6.49. The monoisotopic (exact) mass is 653 g/mol. The summed E-state index contributed by atoms with van der Waals surface area (Å²) in [5.41, 5.74) is -0.797. The molecule has 0 bridgehead atoms. The summed E-state index contributed by atoms with van der Waals surface area (Å²) in [6, 6.07) is 3.71. The van der Waals surface area contributed by atoms with Gasteiger partial charge in [-0.2, -0.15) is 0 Å². The summed E-state index contributed by atoms with van der Waals surface area (Å²) in [4.78, 5) is 0. The lowest BCUT2D eigenvalue weighted by molar-refractivity contribution is 1.62. The predicted molar refractivity (Wildman–Crippen MR) is 216 cm³/mol. The van der Waals surface area contributed by atoms with E-state index in [1.165, 1.54) is 0 Å². The van der Waals surface area contributed by atoms with Gasteiger partial charge in [-0.15, -0.1) is 0 Å². The molecule has 50 heavy (non-hydrogen) atoms. The lowest BCUT2D eigenvalue weighted by atomic mass is 9.83. The molecular weight excluding hydrogens is 601 g/mol. The average Bonchev–Trinajstić information content (AvgIpc) is 3.36. The highest BCUT2D eigenvalue weighted by Gasteiger charge is 2.19. The van der Waals surface area contributed by atoms with Gasteiger partial charge < -0.3 is 0 Å². The van der Waals surface area contributed by atoms with Gasteiger partial charge in [0.1, 0.15) is 0 Å². The number of benzene rings is 10. The molecule has 0 aliphatic heterocycles. The Balaban J connectivity index is 1.48.